The van der Waals surface area contributed by atoms with E-state index in [0.717, 1.165) is 22.3 Å². The first-order chi connectivity index (χ1) is 8.60. The standard InChI is InChI=1S/C16H16OS/c1-11-5-7-15(14(8-11)10-17)18-16-9-12(2)4-6-13(16)3/h4-10H,1-3H3. The van der Waals surface area contributed by atoms with Gasteiger partial charge in [0.15, 0.2) is 6.29 Å². The fraction of sp³-hybridized carbons (Fsp3) is 0.188. The topological polar surface area (TPSA) is 17.1 Å². The predicted octanol–water partition coefficient (Wildman–Crippen LogP) is 4.58. The van der Waals surface area contributed by atoms with E-state index in [1.807, 2.05) is 25.1 Å². The molecule has 2 rings (SSSR count). The second-order valence-corrected chi connectivity index (χ2v) is 5.61. The summed E-state index contributed by atoms with van der Waals surface area (Å²) in [6, 6.07) is 12.4. The van der Waals surface area contributed by atoms with Crippen LogP contribution in [-0.2, 0) is 0 Å². The molecule has 0 aliphatic rings. The lowest BCUT2D eigenvalue weighted by atomic mass is 10.1. The maximum absolute atomic E-state index is 11.1. The summed E-state index contributed by atoms with van der Waals surface area (Å²) in [6.07, 6.45) is 0.931. The Morgan fingerprint density at radius 2 is 1.56 bits per heavy atom. The highest BCUT2D eigenvalue weighted by molar-refractivity contribution is 7.99. The lowest BCUT2D eigenvalue weighted by Gasteiger charge is -2.09. The Kier molecular flexibility index (Phi) is 3.87. The zero-order chi connectivity index (χ0) is 13.1. The molecule has 2 heteroatoms. The van der Waals surface area contributed by atoms with Crippen LogP contribution in [0.15, 0.2) is 46.2 Å². The third-order valence-corrected chi connectivity index (χ3v) is 4.11. The fourth-order valence-electron chi connectivity index (χ4n) is 1.79. The van der Waals surface area contributed by atoms with Gasteiger partial charge in [0.1, 0.15) is 0 Å². The van der Waals surface area contributed by atoms with E-state index in [1.54, 1.807) is 11.8 Å². The normalized spacial score (nSPS) is 10.4. The Morgan fingerprint density at radius 1 is 0.889 bits per heavy atom. The molecule has 18 heavy (non-hydrogen) atoms. The Balaban J connectivity index is 2.39. The second kappa shape index (κ2) is 5.40. The van der Waals surface area contributed by atoms with Gasteiger partial charge in [-0.1, -0.05) is 35.5 Å². The highest BCUT2D eigenvalue weighted by atomic mass is 32.2. The highest BCUT2D eigenvalue weighted by Crippen LogP contribution is 2.33. The fourth-order valence-corrected chi connectivity index (χ4v) is 2.86. The molecule has 0 fully saturated rings. The number of carbonyl (C=O) groups is 1. The van der Waals surface area contributed by atoms with Gasteiger partial charge in [0.25, 0.3) is 0 Å². The van der Waals surface area contributed by atoms with Gasteiger partial charge in [0.05, 0.1) is 0 Å². The van der Waals surface area contributed by atoms with Crippen LogP contribution >= 0.6 is 11.8 Å². The van der Waals surface area contributed by atoms with E-state index in [-0.39, 0.29) is 0 Å². The number of hydrogen-bond acceptors (Lipinski definition) is 2. The van der Waals surface area contributed by atoms with E-state index in [2.05, 4.69) is 32.0 Å². The van der Waals surface area contributed by atoms with Crippen LogP contribution in [0.2, 0.25) is 0 Å². The van der Waals surface area contributed by atoms with Crippen LogP contribution in [-0.4, -0.2) is 6.29 Å². The summed E-state index contributed by atoms with van der Waals surface area (Å²) in [5.74, 6) is 0. The van der Waals surface area contributed by atoms with Crippen LogP contribution in [0, 0.1) is 20.8 Å². The number of aldehydes is 1. The van der Waals surface area contributed by atoms with Gasteiger partial charge in [-0.2, -0.15) is 0 Å². The number of hydrogen-bond donors (Lipinski definition) is 0. The molecule has 0 amide bonds. The van der Waals surface area contributed by atoms with E-state index in [4.69, 9.17) is 0 Å². The lowest BCUT2D eigenvalue weighted by Crippen LogP contribution is -1.88. The molecule has 0 atom stereocenters. The molecule has 0 saturated carbocycles. The summed E-state index contributed by atoms with van der Waals surface area (Å²) < 4.78 is 0. The third-order valence-electron chi connectivity index (χ3n) is 2.86. The van der Waals surface area contributed by atoms with Gasteiger partial charge in [-0.25, -0.2) is 0 Å². The van der Waals surface area contributed by atoms with Crippen LogP contribution in [0.5, 0.6) is 0 Å². The van der Waals surface area contributed by atoms with Crippen molar-refractivity contribution in [3.63, 3.8) is 0 Å². The third kappa shape index (κ3) is 2.82. The highest BCUT2D eigenvalue weighted by Gasteiger charge is 2.06. The molecule has 0 bridgehead atoms. The monoisotopic (exact) mass is 256 g/mol. The number of carbonyl (C=O) groups excluding carboxylic acids is 1. The predicted molar refractivity (Wildman–Crippen MR) is 76.6 cm³/mol. The molecule has 0 radical (unpaired) electrons. The molecule has 92 valence electrons. The van der Waals surface area contributed by atoms with Crippen molar-refractivity contribution in [2.75, 3.05) is 0 Å². The van der Waals surface area contributed by atoms with Crippen molar-refractivity contribution in [2.24, 2.45) is 0 Å². The molecule has 0 heterocycles. The van der Waals surface area contributed by atoms with Crippen molar-refractivity contribution in [3.05, 3.63) is 58.7 Å². The minimum Gasteiger partial charge on any atom is -0.298 e. The smallest absolute Gasteiger partial charge is 0.151 e. The molecular weight excluding hydrogens is 240 g/mol. The van der Waals surface area contributed by atoms with Crippen LogP contribution in [0.1, 0.15) is 27.0 Å². The van der Waals surface area contributed by atoms with Gasteiger partial charge in [-0.15, -0.1) is 0 Å². The molecule has 2 aromatic rings. The first kappa shape index (κ1) is 12.9. The number of aryl methyl sites for hydroxylation is 3. The summed E-state index contributed by atoms with van der Waals surface area (Å²) in [4.78, 5) is 13.3. The SMILES string of the molecule is Cc1ccc(Sc2cc(C)ccc2C)c(C=O)c1. The van der Waals surface area contributed by atoms with Crippen molar-refractivity contribution in [2.45, 2.75) is 30.6 Å². The quantitative estimate of drug-likeness (QED) is 0.748. The largest absolute Gasteiger partial charge is 0.298 e. The molecule has 0 N–H and O–H groups in total. The van der Waals surface area contributed by atoms with Gasteiger partial charge in [0.2, 0.25) is 0 Å². The molecule has 0 spiro atoms. The maximum Gasteiger partial charge on any atom is 0.151 e. The lowest BCUT2D eigenvalue weighted by molar-refractivity contribution is 0.112. The number of benzene rings is 2. The minimum atomic E-state index is 0.765. The molecule has 0 aliphatic heterocycles. The van der Waals surface area contributed by atoms with Crippen molar-refractivity contribution in [3.8, 4) is 0 Å². The Labute approximate surface area is 112 Å². The molecule has 0 saturated heterocycles. The van der Waals surface area contributed by atoms with Crippen molar-refractivity contribution in [1.29, 1.82) is 0 Å². The zero-order valence-electron chi connectivity index (χ0n) is 10.9. The Bertz CT molecular complexity index is 588. The van der Waals surface area contributed by atoms with E-state index in [9.17, 15) is 4.79 Å². The average molecular weight is 256 g/mol. The van der Waals surface area contributed by atoms with Crippen LogP contribution in [0.3, 0.4) is 0 Å². The Hall–Kier alpha value is -1.54. The average Bonchev–Trinajstić information content (AvgIpc) is 2.36. The van der Waals surface area contributed by atoms with Crippen LogP contribution in [0.4, 0.5) is 0 Å². The van der Waals surface area contributed by atoms with E-state index >= 15 is 0 Å². The summed E-state index contributed by atoms with van der Waals surface area (Å²) in [7, 11) is 0. The molecule has 1 nitrogen and oxygen atoms in total. The molecule has 2 aromatic carbocycles. The molecular formula is C16H16OS. The summed E-state index contributed by atoms with van der Waals surface area (Å²) in [6.45, 7) is 6.18. The molecule has 0 unspecified atom stereocenters. The van der Waals surface area contributed by atoms with E-state index in [1.165, 1.54) is 16.0 Å². The first-order valence-electron chi connectivity index (χ1n) is 5.91. The number of rotatable bonds is 3. The molecule has 0 aliphatic carbocycles. The van der Waals surface area contributed by atoms with Gasteiger partial charge < -0.3 is 0 Å². The van der Waals surface area contributed by atoms with Crippen LogP contribution < -0.4 is 0 Å². The van der Waals surface area contributed by atoms with Crippen molar-refractivity contribution in [1.82, 2.24) is 0 Å². The van der Waals surface area contributed by atoms with Crippen molar-refractivity contribution >= 4 is 18.0 Å². The van der Waals surface area contributed by atoms with Gasteiger partial charge in [-0.05, 0) is 50.1 Å². The summed E-state index contributed by atoms with van der Waals surface area (Å²) in [5.41, 5.74) is 4.36. The van der Waals surface area contributed by atoms with Gasteiger partial charge in [0, 0.05) is 15.4 Å². The van der Waals surface area contributed by atoms with E-state index < -0.39 is 0 Å². The Morgan fingerprint density at radius 3 is 2.28 bits per heavy atom. The van der Waals surface area contributed by atoms with Gasteiger partial charge >= 0.3 is 0 Å². The summed E-state index contributed by atoms with van der Waals surface area (Å²) in [5, 5.41) is 0. The van der Waals surface area contributed by atoms with Gasteiger partial charge in [-0.3, -0.25) is 4.79 Å². The summed E-state index contributed by atoms with van der Waals surface area (Å²) >= 11 is 1.66. The van der Waals surface area contributed by atoms with Crippen LogP contribution in [0.25, 0.3) is 0 Å². The molecule has 0 aromatic heterocycles. The van der Waals surface area contributed by atoms with E-state index in [0.29, 0.717) is 0 Å². The minimum absolute atomic E-state index is 0.765. The first-order valence-corrected chi connectivity index (χ1v) is 6.73. The maximum atomic E-state index is 11.1. The zero-order valence-corrected chi connectivity index (χ0v) is 11.7. The van der Waals surface area contributed by atoms with Crippen molar-refractivity contribution < 1.29 is 4.79 Å². The second-order valence-electron chi connectivity index (χ2n) is 4.53.